The molecule has 0 fully saturated rings. The summed E-state index contributed by atoms with van der Waals surface area (Å²) in [4.78, 5) is 0. The van der Waals surface area contributed by atoms with E-state index >= 15 is 0 Å². The van der Waals surface area contributed by atoms with Crippen LogP contribution < -0.4 is 10.6 Å². The van der Waals surface area contributed by atoms with Crippen molar-refractivity contribution in [3.05, 3.63) is 52.0 Å². The van der Waals surface area contributed by atoms with E-state index in [1.807, 2.05) is 0 Å². The minimum Gasteiger partial charge on any atom is -0.362 e. The SMILES string of the molecule is CCCCCCCNC(=S)Nc1ccc2c(c1)Cc1cc(Br)ccc1-2. The zero-order valence-electron chi connectivity index (χ0n) is 14.7. The summed E-state index contributed by atoms with van der Waals surface area (Å²) in [6.45, 7) is 3.19. The van der Waals surface area contributed by atoms with Gasteiger partial charge in [-0.1, -0.05) is 60.7 Å². The lowest BCUT2D eigenvalue weighted by molar-refractivity contribution is 0.625. The molecule has 0 saturated heterocycles. The van der Waals surface area contributed by atoms with Crippen LogP contribution in [0, 0.1) is 0 Å². The molecule has 0 unspecified atom stereocenters. The van der Waals surface area contributed by atoms with Gasteiger partial charge in [0.1, 0.15) is 0 Å². The highest BCUT2D eigenvalue weighted by Crippen LogP contribution is 2.38. The summed E-state index contributed by atoms with van der Waals surface area (Å²) in [5.74, 6) is 0. The highest BCUT2D eigenvalue weighted by molar-refractivity contribution is 9.10. The number of benzene rings is 2. The van der Waals surface area contributed by atoms with Gasteiger partial charge in [-0.3, -0.25) is 0 Å². The van der Waals surface area contributed by atoms with Crippen molar-refractivity contribution in [3.8, 4) is 11.1 Å². The molecule has 1 aliphatic rings. The Morgan fingerprint density at radius 1 is 1.00 bits per heavy atom. The zero-order chi connectivity index (χ0) is 17.6. The zero-order valence-corrected chi connectivity index (χ0v) is 17.1. The maximum absolute atomic E-state index is 5.42. The first-order valence-electron chi connectivity index (χ1n) is 9.14. The molecule has 2 nitrogen and oxygen atoms in total. The highest BCUT2D eigenvalue weighted by Gasteiger charge is 2.18. The molecule has 132 valence electrons. The Balaban J connectivity index is 1.53. The molecule has 2 N–H and O–H groups in total. The van der Waals surface area contributed by atoms with Crippen LogP contribution in [0.1, 0.15) is 50.2 Å². The van der Waals surface area contributed by atoms with E-state index in [0.717, 1.165) is 23.1 Å². The molecule has 3 rings (SSSR count). The molecule has 0 aliphatic heterocycles. The van der Waals surface area contributed by atoms with Crippen molar-refractivity contribution in [2.45, 2.75) is 45.4 Å². The van der Waals surface area contributed by atoms with Gasteiger partial charge in [0.25, 0.3) is 0 Å². The number of anilines is 1. The molecule has 4 heteroatoms. The second-order valence-corrected chi connectivity index (χ2v) is 7.97. The van der Waals surface area contributed by atoms with Gasteiger partial charge in [-0.2, -0.15) is 0 Å². The minimum absolute atomic E-state index is 0.716. The Kier molecular flexibility index (Phi) is 6.49. The Labute approximate surface area is 164 Å². The lowest BCUT2D eigenvalue weighted by Gasteiger charge is -2.11. The van der Waals surface area contributed by atoms with Crippen molar-refractivity contribution in [1.82, 2.24) is 5.32 Å². The smallest absolute Gasteiger partial charge is 0.170 e. The Hall–Kier alpha value is -1.39. The Bertz CT molecular complexity index is 758. The number of nitrogens with one attached hydrogen (secondary N) is 2. The van der Waals surface area contributed by atoms with Crippen LogP contribution >= 0.6 is 28.1 Å². The number of halogens is 1. The first-order chi connectivity index (χ1) is 12.2. The predicted octanol–water partition coefficient (Wildman–Crippen LogP) is 6.28. The van der Waals surface area contributed by atoms with Gasteiger partial charge in [0.2, 0.25) is 0 Å². The summed E-state index contributed by atoms with van der Waals surface area (Å²) in [6.07, 6.45) is 7.37. The fourth-order valence-corrected chi connectivity index (χ4v) is 3.99. The summed E-state index contributed by atoms with van der Waals surface area (Å²) < 4.78 is 1.14. The molecular weight excluding hydrogens is 392 g/mol. The first kappa shape index (κ1) is 18.4. The summed E-state index contributed by atoms with van der Waals surface area (Å²) in [5.41, 5.74) is 6.49. The van der Waals surface area contributed by atoms with Crippen LogP contribution in [0.4, 0.5) is 5.69 Å². The Morgan fingerprint density at radius 2 is 1.72 bits per heavy atom. The topological polar surface area (TPSA) is 24.1 Å². The first-order valence-corrected chi connectivity index (χ1v) is 10.3. The third kappa shape index (κ3) is 4.83. The van der Waals surface area contributed by atoms with Crippen LogP contribution in [-0.4, -0.2) is 11.7 Å². The molecule has 2 aromatic rings. The van der Waals surface area contributed by atoms with Crippen molar-refractivity contribution in [1.29, 1.82) is 0 Å². The van der Waals surface area contributed by atoms with Gasteiger partial charge in [-0.05, 0) is 71.6 Å². The molecule has 25 heavy (non-hydrogen) atoms. The van der Waals surface area contributed by atoms with E-state index in [0.29, 0.717) is 5.11 Å². The van der Waals surface area contributed by atoms with Crippen LogP contribution in [0.5, 0.6) is 0 Å². The van der Waals surface area contributed by atoms with E-state index in [1.165, 1.54) is 54.4 Å². The van der Waals surface area contributed by atoms with Gasteiger partial charge >= 0.3 is 0 Å². The molecule has 0 spiro atoms. The fourth-order valence-electron chi connectivity index (χ4n) is 3.36. The number of fused-ring (bicyclic) bond motifs is 3. The van der Waals surface area contributed by atoms with Crippen molar-refractivity contribution in [2.24, 2.45) is 0 Å². The summed E-state index contributed by atoms with van der Waals surface area (Å²) >= 11 is 8.99. The molecule has 0 atom stereocenters. The van der Waals surface area contributed by atoms with E-state index in [2.05, 4.69) is 69.9 Å². The van der Waals surface area contributed by atoms with Crippen molar-refractivity contribution in [2.75, 3.05) is 11.9 Å². The van der Waals surface area contributed by atoms with Crippen LogP contribution in [0.15, 0.2) is 40.9 Å². The van der Waals surface area contributed by atoms with Gasteiger partial charge < -0.3 is 10.6 Å². The van der Waals surface area contributed by atoms with Gasteiger partial charge in [0.05, 0.1) is 0 Å². The van der Waals surface area contributed by atoms with Gasteiger partial charge in [-0.25, -0.2) is 0 Å². The lowest BCUT2D eigenvalue weighted by Crippen LogP contribution is -2.29. The third-order valence-corrected chi connectivity index (χ3v) is 5.41. The lowest BCUT2D eigenvalue weighted by atomic mass is 10.1. The van der Waals surface area contributed by atoms with E-state index in [9.17, 15) is 0 Å². The van der Waals surface area contributed by atoms with Crippen LogP contribution in [-0.2, 0) is 6.42 Å². The van der Waals surface area contributed by atoms with E-state index in [-0.39, 0.29) is 0 Å². The molecule has 0 aromatic heterocycles. The monoisotopic (exact) mass is 416 g/mol. The minimum atomic E-state index is 0.716. The molecule has 0 heterocycles. The number of rotatable bonds is 7. The summed E-state index contributed by atoms with van der Waals surface area (Å²) in [6, 6.07) is 13.1. The van der Waals surface area contributed by atoms with E-state index in [1.54, 1.807) is 0 Å². The van der Waals surface area contributed by atoms with Crippen LogP contribution in [0.3, 0.4) is 0 Å². The molecular formula is C21H25BrN2S. The summed E-state index contributed by atoms with van der Waals surface area (Å²) in [7, 11) is 0. The Morgan fingerprint density at radius 3 is 2.52 bits per heavy atom. The number of thiocarbonyl (C=S) groups is 1. The second-order valence-electron chi connectivity index (χ2n) is 6.65. The maximum Gasteiger partial charge on any atom is 0.170 e. The third-order valence-electron chi connectivity index (χ3n) is 4.67. The average molecular weight is 417 g/mol. The standard InChI is InChI=1S/C21H25BrN2S/c1-2-3-4-5-6-11-23-21(25)24-18-8-10-20-16(14-18)12-15-13-17(22)7-9-19(15)20/h7-10,13-14H,2-6,11-12H2,1H3,(H2,23,24,25). The normalized spacial score (nSPS) is 11.8. The predicted molar refractivity (Wildman–Crippen MR) is 115 cm³/mol. The quantitative estimate of drug-likeness (QED) is 0.350. The molecule has 0 radical (unpaired) electrons. The van der Waals surface area contributed by atoms with Gasteiger partial charge in [-0.15, -0.1) is 0 Å². The van der Waals surface area contributed by atoms with Crippen LogP contribution in [0.25, 0.3) is 11.1 Å². The maximum atomic E-state index is 5.42. The van der Waals surface area contributed by atoms with E-state index in [4.69, 9.17) is 12.2 Å². The fraction of sp³-hybridized carbons (Fsp3) is 0.381. The second kappa shape index (κ2) is 8.81. The summed E-state index contributed by atoms with van der Waals surface area (Å²) in [5, 5.41) is 7.35. The molecule has 0 saturated carbocycles. The number of unbranched alkanes of at least 4 members (excludes halogenated alkanes) is 4. The van der Waals surface area contributed by atoms with Gasteiger partial charge in [0, 0.05) is 16.7 Å². The van der Waals surface area contributed by atoms with Crippen molar-refractivity contribution >= 4 is 38.9 Å². The molecule has 1 aliphatic carbocycles. The number of hydrogen-bond donors (Lipinski definition) is 2. The highest BCUT2D eigenvalue weighted by atomic mass is 79.9. The van der Waals surface area contributed by atoms with Gasteiger partial charge in [0.15, 0.2) is 5.11 Å². The molecule has 0 bridgehead atoms. The van der Waals surface area contributed by atoms with Crippen LogP contribution in [0.2, 0.25) is 0 Å². The van der Waals surface area contributed by atoms with Crippen molar-refractivity contribution in [3.63, 3.8) is 0 Å². The number of hydrogen-bond acceptors (Lipinski definition) is 1. The largest absolute Gasteiger partial charge is 0.362 e. The van der Waals surface area contributed by atoms with E-state index < -0.39 is 0 Å². The molecule has 0 amide bonds. The average Bonchev–Trinajstić information content (AvgIpc) is 2.94. The van der Waals surface area contributed by atoms with Crippen molar-refractivity contribution < 1.29 is 0 Å². The molecule has 2 aromatic carbocycles.